The Bertz CT molecular complexity index is 1020. The second kappa shape index (κ2) is 9.59. The Balaban J connectivity index is 1.78. The first kappa shape index (κ1) is 21.6. The zero-order valence-electron chi connectivity index (χ0n) is 18.0. The molecule has 4 heteroatoms. The quantitative estimate of drug-likeness (QED) is 0.505. The number of carboxylic acid groups (broad SMARTS) is 1. The van der Waals surface area contributed by atoms with Gasteiger partial charge >= 0.3 is 5.97 Å². The third-order valence-corrected chi connectivity index (χ3v) is 5.80. The monoisotopic (exact) mass is 402 g/mol. The van der Waals surface area contributed by atoms with E-state index in [0.29, 0.717) is 24.6 Å². The summed E-state index contributed by atoms with van der Waals surface area (Å²) in [7, 11) is 0. The van der Waals surface area contributed by atoms with Crippen LogP contribution < -0.4 is 5.32 Å². The van der Waals surface area contributed by atoms with Crippen molar-refractivity contribution in [3.8, 4) is 0 Å². The van der Waals surface area contributed by atoms with Gasteiger partial charge in [0.05, 0.1) is 5.56 Å². The van der Waals surface area contributed by atoms with Crippen LogP contribution in [0.25, 0.3) is 6.08 Å². The fourth-order valence-electron chi connectivity index (χ4n) is 3.94. The number of nitrogens with one attached hydrogen (secondary N) is 1. The van der Waals surface area contributed by atoms with Crippen molar-refractivity contribution in [1.82, 2.24) is 9.88 Å². The first-order valence-corrected chi connectivity index (χ1v) is 10.3. The van der Waals surface area contributed by atoms with Crippen LogP contribution in [-0.2, 0) is 13.1 Å². The molecule has 0 saturated heterocycles. The number of carbonyl (C=O) groups is 1. The van der Waals surface area contributed by atoms with Crippen LogP contribution >= 0.6 is 0 Å². The molecular formula is C26H30N2O2. The molecule has 1 heterocycles. The fraction of sp³-hybridized carbons (Fsp3) is 0.269. The van der Waals surface area contributed by atoms with E-state index in [2.05, 4.69) is 47.7 Å². The number of aromatic nitrogens is 1. The van der Waals surface area contributed by atoms with Crippen LogP contribution in [0.15, 0.2) is 61.2 Å². The molecule has 30 heavy (non-hydrogen) atoms. The number of rotatable bonds is 9. The van der Waals surface area contributed by atoms with E-state index in [-0.39, 0.29) is 0 Å². The highest BCUT2D eigenvalue weighted by Crippen LogP contribution is 2.24. The molecule has 3 aromatic rings. The van der Waals surface area contributed by atoms with Crippen molar-refractivity contribution in [2.24, 2.45) is 0 Å². The van der Waals surface area contributed by atoms with Gasteiger partial charge in [-0.2, -0.15) is 0 Å². The number of carboxylic acids is 1. The van der Waals surface area contributed by atoms with Gasteiger partial charge in [0.25, 0.3) is 0 Å². The summed E-state index contributed by atoms with van der Waals surface area (Å²) in [6, 6.07) is 18.5. The second-order valence-corrected chi connectivity index (χ2v) is 7.80. The highest BCUT2D eigenvalue weighted by molar-refractivity contribution is 5.91. The lowest BCUT2D eigenvalue weighted by Crippen LogP contribution is -2.21. The van der Waals surface area contributed by atoms with Crippen molar-refractivity contribution in [3.05, 3.63) is 100 Å². The van der Waals surface area contributed by atoms with Crippen molar-refractivity contribution >= 4 is 12.0 Å². The molecule has 1 aromatic heterocycles. The van der Waals surface area contributed by atoms with E-state index in [4.69, 9.17) is 0 Å². The van der Waals surface area contributed by atoms with Crippen molar-refractivity contribution in [3.63, 3.8) is 0 Å². The maximum Gasteiger partial charge on any atom is 0.337 e. The maximum atomic E-state index is 12.0. The molecule has 0 saturated carbocycles. The Kier molecular flexibility index (Phi) is 6.91. The largest absolute Gasteiger partial charge is 0.478 e. The molecule has 0 aliphatic rings. The van der Waals surface area contributed by atoms with Crippen LogP contribution in [0.2, 0.25) is 0 Å². The molecule has 2 aromatic carbocycles. The predicted octanol–water partition coefficient (Wildman–Crippen LogP) is 5.39. The average molecular weight is 403 g/mol. The average Bonchev–Trinajstić information content (AvgIpc) is 2.99. The van der Waals surface area contributed by atoms with Crippen LogP contribution in [0, 0.1) is 13.8 Å². The molecule has 2 N–H and O–H groups in total. The number of hydrogen-bond acceptors (Lipinski definition) is 2. The summed E-state index contributed by atoms with van der Waals surface area (Å²) in [6.45, 7) is 11.8. The van der Waals surface area contributed by atoms with Crippen molar-refractivity contribution in [1.29, 1.82) is 0 Å². The summed E-state index contributed by atoms with van der Waals surface area (Å²) in [4.78, 5) is 12.0. The van der Waals surface area contributed by atoms with Gasteiger partial charge in [0.2, 0.25) is 0 Å². The second-order valence-electron chi connectivity index (χ2n) is 7.80. The Morgan fingerprint density at radius 2 is 1.77 bits per heavy atom. The topological polar surface area (TPSA) is 54.3 Å². The van der Waals surface area contributed by atoms with Gasteiger partial charge in [0.15, 0.2) is 0 Å². The molecule has 0 fully saturated rings. The SMILES string of the molecule is C=Cc1ccc(Cn2c(C)c(CNCC(C)c3ccccc3)c(C(=O)O)c2C)cc1. The zero-order valence-corrected chi connectivity index (χ0v) is 18.0. The van der Waals surface area contributed by atoms with Crippen molar-refractivity contribution in [2.45, 2.75) is 39.8 Å². The summed E-state index contributed by atoms with van der Waals surface area (Å²) in [5, 5.41) is 13.3. The van der Waals surface area contributed by atoms with Gasteiger partial charge in [-0.05, 0) is 36.5 Å². The van der Waals surface area contributed by atoms with Gasteiger partial charge in [-0.3, -0.25) is 0 Å². The summed E-state index contributed by atoms with van der Waals surface area (Å²) in [6.07, 6.45) is 1.82. The molecule has 1 atom stereocenters. The Labute approximate surface area is 178 Å². The van der Waals surface area contributed by atoms with E-state index in [1.54, 1.807) is 0 Å². The maximum absolute atomic E-state index is 12.0. The van der Waals surface area contributed by atoms with E-state index in [9.17, 15) is 9.90 Å². The van der Waals surface area contributed by atoms with Gasteiger partial charge < -0.3 is 15.0 Å². The smallest absolute Gasteiger partial charge is 0.337 e. The molecule has 0 aliphatic heterocycles. The number of aromatic carboxylic acids is 1. The number of hydrogen-bond donors (Lipinski definition) is 2. The van der Waals surface area contributed by atoms with E-state index in [0.717, 1.165) is 34.6 Å². The van der Waals surface area contributed by atoms with Gasteiger partial charge in [0, 0.05) is 36.6 Å². The van der Waals surface area contributed by atoms with Crippen molar-refractivity contribution < 1.29 is 9.90 Å². The van der Waals surface area contributed by atoms with Crippen LogP contribution in [0.1, 0.15) is 56.8 Å². The normalized spacial score (nSPS) is 12.0. The summed E-state index contributed by atoms with van der Waals surface area (Å²) in [5.41, 5.74) is 6.55. The zero-order chi connectivity index (χ0) is 21.7. The van der Waals surface area contributed by atoms with E-state index >= 15 is 0 Å². The van der Waals surface area contributed by atoms with Crippen molar-refractivity contribution in [2.75, 3.05) is 6.54 Å². The van der Waals surface area contributed by atoms with Crippen LogP contribution in [0.4, 0.5) is 0 Å². The molecular weight excluding hydrogens is 372 g/mol. The lowest BCUT2D eigenvalue weighted by molar-refractivity contribution is 0.0694. The van der Waals surface area contributed by atoms with Gasteiger partial charge in [-0.25, -0.2) is 4.79 Å². The predicted molar refractivity (Wildman–Crippen MR) is 123 cm³/mol. The number of nitrogens with zero attached hydrogens (tertiary/aromatic N) is 1. The third kappa shape index (κ3) is 4.71. The highest BCUT2D eigenvalue weighted by atomic mass is 16.4. The summed E-state index contributed by atoms with van der Waals surface area (Å²) >= 11 is 0. The first-order chi connectivity index (χ1) is 14.4. The lowest BCUT2D eigenvalue weighted by Gasteiger charge is -2.14. The van der Waals surface area contributed by atoms with Gasteiger partial charge in [-0.15, -0.1) is 0 Å². The Morgan fingerprint density at radius 3 is 2.37 bits per heavy atom. The molecule has 4 nitrogen and oxygen atoms in total. The summed E-state index contributed by atoms with van der Waals surface area (Å²) in [5.74, 6) is -0.518. The number of benzene rings is 2. The van der Waals surface area contributed by atoms with Gasteiger partial charge in [-0.1, -0.05) is 74.2 Å². The van der Waals surface area contributed by atoms with Gasteiger partial charge in [0.1, 0.15) is 0 Å². The highest BCUT2D eigenvalue weighted by Gasteiger charge is 2.22. The molecule has 0 amide bonds. The molecule has 1 unspecified atom stereocenters. The standard InChI is InChI=1S/C26H30N2O2/c1-5-21-11-13-22(14-12-21)17-28-19(3)24(25(20(28)4)26(29)30)16-27-15-18(2)23-9-7-6-8-10-23/h5-14,18,27H,1,15-17H2,2-4H3,(H,29,30). The molecule has 3 rings (SSSR count). The van der Waals surface area contributed by atoms with Crippen LogP contribution in [0.5, 0.6) is 0 Å². The molecule has 0 aliphatic carbocycles. The van der Waals surface area contributed by atoms with E-state index < -0.39 is 5.97 Å². The lowest BCUT2D eigenvalue weighted by atomic mass is 10.0. The Hall–Kier alpha value is -3.11. The minimum atomic E-state index is -0.871. The minimum absolute atomic E-state index is 0.353. The minimum Gasteiger partial charge on any atom is -0.478 e. The first-order valence-electron chi connectivity index (χ1n) is 10.3. The fourth-order valence-corrected chi connectivity index (χ4v) is 3.94. The third-order valence-electron chi connectivity index (χ3n) is 5.80. The van der Waals surface area contributed by atoms with Crippen LogP contribution in [0.3, 0.4) is 0 Å². The molecule has 0 bridgehead atoms. The Morgan fingerprint density at radius 1 is 1.10 bits per heavy atom. The molecule has 156 valence electrons. The van der Waals surface area contributed by atoms with E-state index in [1.165, 1.54) is 5.56 Å². The van der Waals surface area contributed by atoms with E-state index in [1.807, 2.05) is 50.3 Å². The molecule has 0 spiro atoms. The molecule has 0 radical (unpaired) electrons. The van der Waals surface area contributed by atoms with Crippen LogP contribution in [-0.4, -0.2) is 22.2 Å². The summed E-state index contributed by atoms with van der Waals surface area (Å²) < 4.78 is 2.10.